The molecule has 1 atom stereocenters. The van der Waals surface area contributed by atoms with Gasteiger partial charge >= 0.3 is 5.97 Å². The lowest BCUT2D eigenvalue weighted by Crippen LogP contribution is -2.20. The Hall–Kier alpha value is -2.95. The molecule has 0 fully saturated rings. The molecule has 4 rings (SSSR count). The van der Waals surface area contributed by atoms with E-state index in [1.54, 1.807) is 48.5 Å². The molecule has 0 bridgehead atoms. The summed E-state index contributed by atoms with van der Waals surface area (Å²) in [5.41, 5.74) is 3.71. The van der Waals surface area contributed by atoms with Crippen LogP contribution in [0.25, 0.3) is 0 Å². The lowest BCUT2D eigenvalue weighted by Gasteiger charge is -2.18. The van der Waals surface area contributed by atoms with Crippen LogP contribution in [0.4, 0.5) is 16.4 Å². The lowest BCUT2D eigenvalue weighted by molar-refractivity contribution is 0.0601. The smallest absolute Gasteiger partial charge is 0.341 e. The average Bonchev–Trinajstić information content (AvgIpc) is 3.16. The number of benzene rings is 2. The number of methoxy groups -OCH3 is 1. The number of sulfonamides is 1. The number of ether oxygens (including phenoxy) is 1. The van der Waals surface area contributed by atoms with Gasteiger partial charge in [-0.2, -0.15) is 0 Å². The van der Waals surface area contributed by atoms with Crippen LogP contribution in [0.15, 0.2) is 53.4 Å². The Morgan fingerprint density at radius 3 is 2.37 bits per heavy atom. The standard InChI is InChI=1S/C25H27N3O4S3/c1-15-4-11-19(12-5-15)35(30,31)28-18-9-7-17(8-10-18)26-25(33)27-23-22(24(29)32-3)20-13-6-16(2)14-21(20)34-23/h4-5,7-12,16,28H,6,13-14H2,1-3H3,(H2,26,27,33). The third-order valence-electron chi connectivity index (χ3n) is 5.85. The van der Waals surface area contributed by atoms with Crippen LogP contribution in [0.3, 0.4) is 0 Å². The number of thiophene rings is 1. The van der Waals surface area contributed by atoms with E-state index in [9.17, 15) is 13.2 Å². The summed E-state index contributed by atoms with van der Waals surface area (Å²) in [4.78, 5) is 13.9. The molecule has 3 aromatic rings. The molecule has 1 aliphatic carbocycles. The van der Waals surface area contributed by atoms with Crippen molar-refractivity contribution in [3.8, 4) is 0 Å². The van der Waals surface area contributed by atoms with Crippen molar-refractivity contribution in [3.63, 3.8) is 0 Å². The number of fused-ring (bicyclic) bond motifs is 1. The van der Waals surface area contributed by atoms with Gasteiger partial charge in [0.05, 0.1) is 17.6 Å². The summed E-state index contributed by atoms with van der Waals surface area (Å²) in [5, 5.41) is 7.25. The van der Waals surface area contributed by atoms with Gasteiger partial charge in [-0.1, -0.05) is 24.6 Å². The summed E-state index contributed by atoms with van der Waals surface area (Å²) in [6.45, 7) is 4.11. The van der Waals surface area contributed by atoms with Crippen molar-refractivity contribution in [1.29, 1.82) is 0 Å². The SMILES string of the molecule is COC(=O)c1c(NC(=S)Nc2ccc(NS(=O)(=O)c3ccc(C)cc3)cc2)sc2c1CCC(C)C2. The highest BCUT2D eigenvalue weighted by atomic mass is 32.2. The van der Waals surface area contributed by atoms with Crippen LogP contribution in [0.2, 0.25) is 0 Å². The quantitative estimate of drug-likeness (QED) is 0.283. The number of nitrogens with one attached hydrogen (secondary N) is 3. The predicted molar refractivity (Wildman–Crippen MR) is 145 cm³/mol. The zero-order valence-electron chi connectivity index (χ0n) is 19.7. The molecule has 0 aliphatic heterocycles. The normalized spacial score (nSPS) is 15.1. The van der Waals surface area contributed by atoms with Gasteiger partial charge in [-0.25, -0.2) is 13.2 Å². The molecule has 10 heteroatoms. The molecule has 184 valence electrons. The van der Waals surface area contributed by atoms with E-state index in [0.717, 1.165) is 30.4 Å². The molecule has 0 saturated carbocycles. The maximum Gasteiger partial charge on any atom is 0.341 e. The molecule has 3 N–H and O–H groups in total. The number of thiocarbonyl (C=S) groups is 1. The fourth-order valence-electron chi connectivity index (χ4n) is 3.98. The Morgan fingerprint density at radius 2 is 1.71 bits per heavy atom. The molecule has 0 spiro atoms. The summed E-state index contributed by atoms with van der Waals surface area (Å²) in [5.74, 6) is 0.207. The van der Waals surface area contributed by atoms with Crippen LogP contribution in [0.5, 0.6) is 0 Å². The second-order valence-corrected chi connectivity index (χ2v) is 11.8. The Labute approximate surface area is 215 Å². The number of aryl methyl sites for hydroxylation is 1. The lowest BCUT2D eigenvalue weighted by atomic mass is 9.88. The van der Waals surface area contributed by atoms with Crippen molar-refractivity contribution in [2.24, 2.45) is 5.92 Å². The molecule has 1 aliphatic rings. The highest BCUT2D eigenvalue weighted by molar-refractivity contribution is 7.92. The van der Waals surface area contributed by atoms with Gasteiger partial charge < -0.3 is 15.4 Å². The maximum atomic E-state index is 12.6. The van der Waals surface area contributed by atoms with Crippen molar-refractivity contribution in [1.82, 2.24) is 0 Å². The minimum atomic E-state index is -3.68. The van der Waals surface area contributed by atoms with Gasteiger partial charge in [-0.3, -0.25) is 4.72 Å². The fraction of sp³-hybridized carbons (Fsp3) is 0.280. The molecular weight excluding hydrogens is 502 g/mol. The third kappa shape index (κ3) is 5.83. The van der Waals surface area contributed by atoms with Gasteiger partial charge in [0.1, 0.15) is 5.00 Å². The highest BCUT2D eigenvalue weighted by Crippen LogP contribution is 2.40. The van der Waals surface area contributed by atoms with Crippen LogP contribution < -0.4 is 15.4 Å². The molecule has 7 nitrogen and oxygen atoms in total. The van der Waals surface area contributed by atoms with Crippen LogP contribution in [0.1, 0.15) is 39.7 Å². The van der Waals surface area contributed by atoms with Gasteiger partial charge in [0.25, 0.3) is 10.0 Å². The average molecular weight is 530 g/mol. The van der Waals surface area contributed by atoms with Crippen molar-refractivity contribution < 1.29 is 17.9 Å². The van der Waals surface area contributed by atoms with E-state index in [4.69, 9.17) is 17.0 Å². The van der Waals surface area contributed by atoms with Crippen molar-refractivity contribution >= 4 is 61.0 Å². The molecule has 1 unspecified atom stereocenters. The second-order valence-electron chi connectivity index (χ2n) is 8.62. The fourth-order valence-corrected chi connectivity index (χ4v) is 6.72. The first-order valence-corrected chi connectivity index (χ1v) is 13.9. The number of hydrogen-bond donors (Lipinski definition) is 3. The van der Waals surface area contributed by atoms with Gasteiger partial charge in [0.2, 0.25) is 0 Å². The first kappa shape index (κ1) is 25.2. The van der Waals surface area contributed by atoms with Gasteiger partial charge in [-0.05, 0) is 86.3 Å². The number of carbonyl (C=O) groups is 1. The van der Waals surface area contributed by atoms with E-state index in [2.05, 4.69) is 22.3 Å². The van der Waals surface area contributed by atoms with Crippen molar-refractivity contribution in [2.45, 2.75) is 38.0 Å². The molecule has 2 aromatic carbocycles. The zero-order valence-corrected chi connectivity index (χ0v) is 22.1. The van der Waals surface area contributed by atoms with Crippen molar-refractivity contribution in [2.75, 3.05) is 22.5 Å². The summed E-state index contributed by atoms with van der Waals surface area (Å²) < 4.78 is 32.8. The van der Waals surface area contributed by atoms with E-state index in [1.807, 2.05) is 6.92 Å². The van der Waals surface area contributed by atoms with Crippen LogP contribution in [-0.2, 0) is 27.6 Å². The predicted octanol–water partition coefficient (Wildman–Crippen LogP) is 5.58. The van der Waals surface area contributed by atoms with Gasteiger partial charge in [0, 0.05) is 16.3 Å². The Bertz CT molecular complexity index is 1350. The molecular formula is C25H27N3O4S3. The monoisotopic (exact) mass is 529 g/mol. The van der Waals surface area contributed by atoms with Crippen LogP contribution in [-0.4, -0.2) is 26.6 Å². The first-order chi connectivity index (χ1) is 16.7. The molecule has 35 heavy (non-hydrogen) atoms. The molecule has 1 heterocycles. The van der Waals surface area contributed by atoms with Crippen LogP contribution in [0, 0.1) is 12.8 Å². The maximum absolute atomic E-state index is 12.6. The minimum absolute atomic E-state index is 0.199. The number of anilines is 3. The third-order valence-corrected chi connectivity index (χ3v) is 8.63. The zero-order chi connectivity index (χ0) is 25.2. The molecule has 1 aromatic heterocycles. The molecule has 0 amide bonds. The van der Waals surface area contributed by atoms with E-state index < -0.39 is 10.0 Å². The van der Waals surface area contributed by atoms with Gasteiger partial charge in [-0.15, -0.1) is 11.3 Å². The van der Waals surface area contributed by atoms with Crippen LogP contribution >= 0.6 is 23.6 Å². The Balaban J connectivity index is 1.44. The molecule has 0 saturated heterocycles. The van der Waals surface area contributed by atoms with Gasteiger partial charge in [0.15, 0.2) is 5.11 Å². The van der Waals surface area contributed by atoms with Crippen molar-refractivity contribution in [3.05, 3.63) is 70.1 Å². The topological polar surface area (TPSA) is 96.5 Å². The number of rotatable bonds is 6. The molecule has 0 radical (unpaired) electrons. The summed E-state index contributed by atoms with van der Waals surface area (Å²) in [7, 11) is -2.30. The number of hydrogen-bond acceptors (Lipinski definition) is 6. The largest absolute Gasteiger partial charge is 0.465 e. The highest BCUT2D eigenvalue weighted by Gasteiger charge is 2.28. The second kappa shape index (κ2) is 10.3. The minimum Gasteiger partial charge on any atom is -0.465 e. The van der Waals surface area contributed by atoms with E-state index in [-0.39, 0.29) is 10.9 Å². The van der Waals surface area contributed by atoms with E-state index in [0.29, 0.717) is 33.0 Å². The number of esters is 1. The summed E-state index contributed by atoms with van der Waals surface area (Å²) in [6.07, 6.45) is 2.82. The van der Waals surface area contributed by atoms with E-state index >= 15 is 0 Å². The summed E-state index contributed by atoms with van der Waals surface area (Å²) >= 11 is 7.02. The first-order valence-electron chi connectivity index (χ1n) is 11.2. The Kier molecular flexibility index (Phi) is 7.44. The van der Waals surface area contributed by atoms with E-state index in [1.165, 1.54) is 23.3 Å². The summed E-state index contributed by atoms with van der Waals surface area (Å²) in [6, 6.07) is 13.4. The number of carbonyl (C=O) groups excluding carboxylic acids is 1. The Morgan fingerprint density at radius 1 is 1.06 bits per heavy atom.